The average Bonchev–Trinajstić information content (AvgIpc) is 2.60. The second-order valence-electron chi connectivity index (χ2n) is 12.3. The van der Waals surface area contributed by atoms with Crippen LogP contribution in [0, 0.1) is 35.5 Å². The maximum atomic E-state index is 3.07. The van der Waals surface area contributed by atoms with Gasteiger partial charge in [0, 0.05) is 24.2 Å². The lowest BCUT2D eigenvalue weighted by atomic mass is 9.52. The van der Waals surface area contributed by atoms with E-state index in [0.717, 1.165) is 35.5 Å². The minimum atomic E-state index is 0.635. The Labute approximate surface area is 160 Å². The van der Waals surface area contributed by atoms with E-state index in [1.54, 1.807) is 77.0 Å². The Hall–Kier alpha value is -0.0800. The molecule has 1 aliphatic heterocycles. The molecular weight excluding hydrogens is 316 g/mol. The van der Waals surface area contributed by atoms with Crippen molar-refractivity contribution >= 4 is 0 Å². The SMILES string of the molecule is C1CN(C23CC4CC(CC(C4)C2)C3)CN(C23CC4CC(CC(C4)C2)C3)C1. The Morgan fingerprint density at radius 2 is 0.769 bits per heavy atom. The fourth-order valence-corrected chi connectivity index (χ4v) is 10.5. The smallest absolute Gasteiger partial charge is 0.0516 e. The van der Waals surface area contributed by atoms with E-state index < -0.39 is 0 Å². The van der Waals surface area contributed by atoms with E-state index in [4.69, 9.17) is 0 Å². The normalized spacial score (nSPS) is 58.6. The van der Waals surface area contributed by atoms with Gasteiger partial charge in [-0.3, -0.25) is 9.80 Å². The quantitative estimate of drug-likeness (QED) is 0.697. The second kappa shape index (κ2) is 5.29. The molecule has 2 heteroatoms. The van der Waals surface area contributed by atoms with Gasteiger partial charge < -0.3 is 0 Å². The van der Waals surface area contributed by atoms with E-state index in [2.05, 4.69) is 9.80 Å². The third kappa shape index (κ3) is 2.18. The monoisotopic (exact) mass is 354 g/mol. The Bertz CT molecular complexity index is 474. The first-order valence-electron chi connectivity index (χ1n) is 12.2. The summed E-state index contributed by atoms with van der Waals surface area (Å²) in [6.07, 6.45) is 20.4. The number of hydrogen-bond acceptors (Lipinski definition) is 2. The minimum Gasteiger partial charge on any atom is -0.285 e. The van der Waals surface area contributed by atoms with E-state index in [1.165, 1.54) is 26.2 Å². The molecule has 0 aromatic rings. The van der Waals surface area contributed by atoms with Crippen LogP contribution in [0.5, 0.6) is 0 Å². The van der Waals surface area contributed by atoms with Crippen LogP contribution in [0.3, 0.4) is 0 Å². The molecule has 0 aromatic carbocycles. The number of nitrogens with zero attached hydrogens (tertiary/aromatic N) is 2. The van der Waals surface area contributed by atoms with Crippen LogP contribution in [-0.4, -0.2) is 40.6 Å². The summed E-state index contributed by atoms with van der Waals surface area (Å²) in [4.78, 5) is 6.14. The molecule has 0 unspecified atom stereocenters. The van der Waals surface area contributed by atoms with Gasteiger partial charge in [0.05, 0.1) is 6.67 Å². The Kier molecular flexibility index (Phi) is 3.21. The van der Waals surface area contributed by atoms with Crippen LogP contribution in [0.15, 0.2) is 0 Å². The zero-order valence-electron chi connectivity index (χ0n) is 16.7. The maximum absolute atomic E-state index is 3.07. The lowest BCUT2D eigenvalue weighted by Crippen LogP contribution is -2.68. The molecule has 1 saturated heterocycles. The van der Waals surface area contributed by atoms with Crippen LogP contribution in [0.4, 0.5) is 0 Å². The standard InChI is InChI=1S/C24H38N2/c1-2-25(23-10-17-4-18(11-23)6-19(5-17)12-23)16-26(3-1)24-13-20-7-21(14-24)9-22(8-20)15-24/h17-22H,1-16H2. The third-order valence-corrected chi connectivity index (χ3v) is 10.6. The van der Waals surface area contributed by atoms with Crippen molar-refractivity contribution < 1.29 is 0 Å². The van der Waals surface area contributed by atoms with Crippen LogP contribution >= 0.6 is 0 Å². The van der Waals surface area contributed by atoms with E-state index in [1.807, 2.05) is 0 Å². The first-order valence-corrected chi connectivity index (χ1v) is 12.2. The molecule has 0 aromatic heterocycles. The molecule has 2 nitrogen and oxygen atoms in total. The lowest BCUT2D eigenvalue weighted by molar-refractivity contribution is -0.159. The molecule has 26 heavy (non-hydrogen) atoms. The molecule has 0 amide bonds. The van der Waals surface area contributed by atoms with Gasteiger partial charge in [0.15, 0.2) is 0 Å². The molecule has 0 spiro atoms. The second-order valence-corrected chi connectivity index (χ2v) is 12.3. The van der Waals surface area contributed by atoms with Gasteiger partial charge in [0.2, 0.25) is 0 Å². The van der Waals surface area contributed by atoms with Crippen molar-refractivity contribution in [2.75, 3.05) is 19.8 Å². The van der Waals surface area contributed by atoms with Gasteiger partial charge in [-0.15, -0.1) is 0 Å². The minimum absolute atomic E-state index is 0.635. The van der Waals surface area contributed by atoms with Crippen molar-refractivity contribution in [2.45, 2.75) is 94.5 Å². The largest absolute Gasteiger partial charge is 0.285 e. The highest BCUT2D eigenvalue weighted by molar-refractivity contribution is 5.11. The van der Waals surface area contributed by atoms with Crippen LogP contribution in [0.25, 0.3) is 0 Å². The van der Waals surface area contributed by atoms with Crippen molar-refractivity contribution in [3.63, 3.8) is 0 Å². The third-order valence-electron chi connectivity index (χ3n) is 10.6. The van der Waals surface area contributed by atoms with Crippen LogP contribution in [0.1, 0.15) is 83.5 Å². The molecule has 9 aliphatic rings. The van der Waals surface area contributed by atoms with Gasteiger partial charge >= 0.3 is 0 Å². The summed E-state index contributed by atoms with van der Waals surface area (Å²) in [6.45, 7) is 4.17. The molecule has 9 fully saturated rings. The van der Waals surface area contributed by atoms with E-state index in [9.17, 15) is 0 Å². The molecule has 9 rings (SSSR count). The van der Waals surface area contributed by atoms with Crippen LogP contribution < -0.4 is 0 Å². The van der Waals surface area contributed by atoms with Crippen molar-refractivity contribution in [3.05, 3.63) is 0 Å². The summed E-state index contributed by atoms with van der Waals surface area (Å²) in [5, 5.41) is 0. The Balaban J connectivity index is 1.16. The van der Waals surface area contributed by atoms with Crippen LogP contribution in [-0.2, 0) is 0 Å². The molecule has 0 N–H and O–H groups in total. The summed E-state index contributed by atoms with van der Waals surface area (Å²) < 4.78 is 0. The molecule has 1 heterocycles. The molecular formula is C24H38N2. The Morgan fingerprint density at radius 1 is 0.462 bits per heavy atom. The Morgan fingerprint density at radius 3 is 1.08 bits per heavy atom. The highest BCUT2D eigenvalue weighted by Gasteiger charge is 2.57. The van der Waals surface area contributed by atoms with Crippen molar-refractivity contribution in [3.8, 4) is 0 Å². The van der Waals surface area contributed by atoms with Gasteiger partial charge in [-0.05, 0) is 119 Å². The molecule has 8 bridgehead atoms. The molecule has 0 atom stereocenters. The lowest BCUT2D eigenvalue weighted by Gasteiger charge is -2.65. The van der Waals surface area contributed by atoms with Crippen molar-refractivity contribution in [2.24, 2.45) is 35.5 Å². The van der Waals surface area contributed by atoms with Gasteiger partial charge in [-0.2, -0.15) is 0 Å². The number of hydrogen-bond donors (Lipinski definition) is 0. The van der Waals surface area contributed by atoms with Crippen LogP contribution in [0.2, 0.25) is 0 Å². The summed E-state index contributed by atoms with van der Waals surface area (Å²) >= 11 is 0. The van der Waals surface area contributed by atoms with E-state index in [0.29, 0.717) is 11.1 Å². The van der Waals surface area contributed by atoms with Gasteiger partial charge in [0.1, 0.15) is 0 Å². The maximum Gasteiger partial charge on any atom is 0.0516 e. The number of rotatable bonds is 2. The first kappa shape index (κ1) is 15.8. The first-order chi connectivity index (χ1) is 12.7. The zero-order valence-corrected chi connectivity index (χ0v) is 16.7. The zero-order chi connectivity index (χ0) is 16.9. The molecule has 8 saturated carbocycles. The fourth-order valence-electron chi connectivity index (χ4n) is 10.5. The highest BCUT2D eigenvalue weighted by atomic mass is 15.4. The summed E-state index contributed by atoms with van der Waals surface area (Å²) in [5.74, 6) is 6.56. The topological polar surface area (TPSA) is 6.48 Å². The van der Waals surface area contributed by atoms with E-state index >= 15 is 0 Å². The van der Waals surface area contributed by atoms with Gasteiger partial charge in [0.25, 0.3) is 0 Å². The summed E-state index contributed by atoms with van der Waals surface area (Å²) in [6, 6.07) is 0. The summed E-state index contributed by atoms with van der Waals surface area (Å²) in [5.41, 5.74) is 1.27. The summed E-state index contributed by atoms with van der Waals surface area (Å²) in [7, 11) is 0. The van der Waals surface area contributed by atoms with Crippen molar-refractivity contribution in [1.29, 1.82) is 0 Å². The average molecular weight is 355 g/mol. The fraction of sp³-hybridized carbons (Fsp3) is 1.00. The van der Waals surface area contributed by atoms with E-state index in [-0.39, 0.29) is 0 Å². The molecule has 144 valence electrons. The van der Waals surface area contributed by atoms with Gasteiger partial charge in [-0.1, -0.05) is 0 Å². The molecule has 8 aliphatic carbocycles. The predicted octanol–water partition coefficient (Wildman–Crippen LogP) is 4.89. The highest BCUT2D eigenvalue weighted by Crippen LogP contribution is 2.60. The van der Waals surface area contributed by atoms with Crippen molar-refractivity contribution in [1.82, 2.24) is 9.80 Å². The van der Waals surface area contributed by atoms with Gasteiger partial charge in [-0.25, -0.2) is 0 Å². The predicted molar refractivity (Wildman–Crippen MR) is 105 cm³/mol. The molecule has 0 radical (unpaired) electrons.